The molecule has 2 aliphatic heterocycles. The average molecular weight is 349 g/mol. The van der Waals surface area contributed by atoms with Crippen LogP contribution in [0.1, 0.15) is 35.4 Å². The first-order valence-electron chi connectivity index (χ1n) is 8.47. The van der Waals surface area contributed by atoms with Gasteiger partial charge in [-0.1, -0.05) is 6.07 Å². The lowest BCUT2D eigenvalue weighted by atomic mass is 9.92. The summed E-state index contributed by atoms with van der Waals surface area (Å²) in [5.41, 5.74) is 5.34. The number of carbonyl (C=O) groups is 3. The maximum Gasteiger partial charge on any atom is 0.263 e. The number of carbonyl (C=O) groups excluding carboxylic acids is 3. The minimum atomic E-state index is -0.262. The molecule has 130 valence electrons. The zero-order chi connectivity index (χ0) is 17.1. The second-order valence-corrected chi connectivity index (χ2v) is 7.49. The molecule has 24 heavy (non-hydrogen) atoms. The van der Waals surface area contributed by atoms with Crippen LogP contribution in [0, 0.1) is 11.8 Å². The quantitative estimate of drug-likeness (QED) is 0.893. The first-order valence-corrected chi connectivity index (χ1v) is 9.35. The van der Waals surface area contributed by atoms with Crippen molar-refractivity contribution >= 4 is 29.1 Å². The SMILES string of the molecule is NC(=O)C1CCN(C(=O)C2CCN(C(=O)c3cccs3)CC2)CC1. The van der Waals surface area contributed by atoms with Crippen LogP contribution in [0.15, 0.2) is 17.5 Å². The number of thiophene rings is 1. The van der Waals surface area contributed by atoms with Crippen LogP contribution < -0.4 is 5.73 Å². The fraction of sp³-hybridized carbons (Fsp3) is 0.588. The number of amides is 3. The molecule has 0 spiro atoms. The Morgan fingerprint density at radius 2 is 1.54 bits per heavy atom. The summed E-state index contributed by atoms with van der Waals surface area (Å²) >= 11 is 1.45. The summed E-state index contributed by atoms with van der Waals surface area (Å²) in [6.45, 7) is 2.48. The Morgan fingerprint density at radius 3 is 2.08 bits per heavy atom. The van der Waals surface area contributed by atoms with Crippen LogP contribution >= 0.6 is 11.3 Å². The highest BCUT2D eigenvalue weighted by Gasteiger charge is 2.33. The number of hydrogen-bond acceptors (Lipinski definition) is 4. The summed E-state index contributed by atoms with van der Waals surface area (Å²) in [4.78, 5) is 40.7. The molecule has 7 heteroatoms. The Morgan fingerprint density at radius 1 is 0.958 bits per heavy atom. The van der Waals surface area contributed by atoms with E-state index in [0.29, 0.717) is 51.9 Å². The average Bonchev–Trinajstić information content (AvgIpc) is 3.15. The fourth-order valence-corrected chi connectivity index (χ4v) is 4.22. The van der Waals surface area contributed by atoms with E-state index in [1.54, 1.807) is 0 Å². The lowest BCUT2D eigenvalue weighted by Crippen LogP contribution is -2.47. The molecule has 0 aromatic carbocycles. The second kappa shape index (κ2) is 7.34. The van der Waals surface area contributed by atoms with Crippen molar-refractivity contribution < 1.29 is 14.4 Å². The van der Waals surface area contributed by atoms with Gasteiger partial charge in [-0.05, 0) is 37.1 Å². The molecule has 2 saturated heterocycles. The molecule has 3 rings (SSSR count). The van der Waals surface area contributed by atoms with Crippen LogP contribution in [0.5, 0.6) is 0 Å². The lowest BCUT2D eigenvalue weighted by Gasteiger charge is -2.36. The predicted molar refractivity (Wildman–Crippen MR) is 91.4 cm³/mol. The first kappa shape index (κ1) is 17.0. The number of hydrogen-bond donors (Lipinski definition) is 1. The van der Waals surface area contributed by atoms with Gasteiger partial charge in [0, 0.05) is 38.0 Å². The Labute approximate surface area is 145 Å². The smallest absolute Gasteiger partial charge is 0.263 e. The van der Waals surface area contributed by atoms with Crippen molar-refractivity contribution in [1.82, 2.24) is 9.80 Å². The van der Waals surface area contributed by atoms with Crippen molar-refractivity contribution in [3.05, 3.63) is 22.4 Å². The molecule has 2 aliphatic rings. The highest BCUT2D eigenvalue weighted by molar-refractivity contribution is 7.12. The molecule has 0 radical (unpaired) electrons. The van der Waals surface area contributed by atoms with E-state index < -0.39 is 0 Å². The molecule has 0 atom stereocenters. The van der Waals surface area contributed by atoms with E-state index in [4.69, 9.17) is 5.73 Å². The predicted octanol–water partition coefficient (Wildman–Crippen LogP) is 1.32. The van der Waals surface area contributed by atoms with Crippen molar-refractivity contribution in [2.75, 3.05) is 26.2 Å². The number of piperidine rings is 2. The molecule has 6 nitrogen and oxygen atoms in total. The highest BCUT2D eigenvalue weighted by Crippen LogP contribution is 2.25. The van der Waals surface area contributed by atoms with E-state index in [0.717, 1.165) is 4.88 Å². The maximum atomic E-state index is 12.6. The van der Waals surface area contributed by atoms with E-state index in [1.165, 1.54) is 11.3 Å². The lowest BCUT2D eigenvalue weighted by molar-refractivity contribution is -0.139. The number of primary amides is 1. The third-order valence-corrected chi connectivity index (χ3v) is 5.93. The van der Waals surface area contributed by atoms with E-state index in [1.807, 2.05) is 27.3 Å². The first-order chi connectivity index (χ1) is 11.6. The normalized spacial score (nSPS) is 20.2. The van der Waals surface area contributed by atoms with Gasteiger partial charge in [0.25, 0.3) is 5.91 Å². The zero-order valence-corrected chi connectivity index (χ0v) is 14.5. The Balaban J connectivity index is 1.49. The standard InChI is InChI=1S/C17H23N3O3S/c18-15(21)12-3-7-19(8-4-12)16(22)13-5-9-20(10-6-13)17(23)14-2-1-11-24-14/h1-2,11-13H,3-10H2,(H2,18,21). The minimum Gasteiger partial charge on any atom is -0.369 e. The van der Waals surface area contributed by atoms with Gasteiger partial charge in [-0.3, -0.25) is 14.4 Å². The second-order valence-electron chi connectivity index (χ2n) is 6.55. The number of likely N-dealkylation sites (tertiary alicyclic amines) is 2. The highest BCUT2D eigenvalue weighted by atomic mass is 32.1. The van der Waals surface area contributed by atoms with E-state index in [-0.39, 0.29) is 29.6 Å². The van der Waals surface area contributed by atoms with Crippen LogP contribution in [0.25, 0.3) is 0 Å². The van der Waals surface area contributed by atoms with Gasteiger partial charge in [-0.25, -0.2) is 0 Å². The number of rotatable bonds is 3. The van der Waals surface area contributed by atoms with Gasteiger partial charge in [-0.15, -0.1) is 11.3 Å². The topological polar surface area (TPSA) is 83.7 Å². The fourth-order valence-electron chi connectivity index (χ4n) is 3.53. The molecule has 3 amide bonds. The van der Waals surface area contributed by atoms with Gasteiger partial charge < -0.3 is 15.5 Å². The molecular weight excluding hydrogens is 326 g/mol. The van der Waals surface area contributed by atoms with Gasteiger partial charge in [0.1, 0.15) is 0 Å². The van der Waals surface area contributed by atoms with Crippen molar-refractivity contribution in [3.8, 4) is 0 Å². The van der Waals surface area contributed by atoms with Gasteiger partial charge in [0.05, 0.1) is 4.88 Å². The molecule has 1 aromatic rings. The van der Waals surface area contributed by atoms with Crippen molar-refractivity contribution in [2.45, 2.75) is 25.7 Å². The van der Waals surface area contributed by atoms with Crippen molar-refractivity contribution in [2.24, 2.45) is 17.6 Å². The Hall–Kier alpha value is -1.89. The van der Waals surface area contributed by atoms with Crippen molar-refractivity contribution in [1.29, 1.82) is 0 Å². The molecule has 0 unspecified atom stereocenters. The number of nitrogens with zero attached hydrogens (tertiary/aromatic N) is 2. The molecular formula is C17H23N3O3S. The third-order valence-electron chi connectivity index (χ3n) is 5.07. The molecule has 0 bridgehead atoms. The van der Waals surface area contributed by atoms with E-state index in [2.05, 4.69) is 0 Å². The molecule has 3 heterocycles. The van der Waals surface area contributed by atoms with Crippen LogP contribution in [0.3, 0.4) is 0 Å². The third kappa shape index (κ3) is 3.61. The maximum absolute atomic E-state index is 12.6. The van der Waals surface area contributed by atoms with Gasteiger partial charge in [0.2, 0.25) is 11.8 Å². The molecule has 0 aliphatic carbocycles. The van der Waals surface area contributed by atoms with E-state index in [9.17, 15) is 14.4 Å². The summed E-state index contributed by atoms with van der Waals surface area (Å²) < 4.78 is 0. The zero-order valence-electron chi connectivity index (χ0n) is 13.6. The molecule has 0 saturated carbocycles. The summed E-state index contributed by atoms with van der Waals surface area (Å²) in [5.74, 6) is -0.136. The van der Waals surface area contributed by atoms with Gasteiger partial charge >= 0.3 is 0 Å². The summed E-state index contributed by atoms with van der Waals surface area (Å²) in [6.07, 6.45) is 2.75. The Bertz CT molecular complexity index is 601. The summed E-state index contributed by atoms with van der Waals surface area (Å²) in [6, 6.07) is 3.72. The molecule has 2 fully saturated rings. The van der Waals surface area contributed by atoms with Crippen LogP contribution in [-0.2, 0) is 9.59 Å². The largest absolute Gasteiger partial charge is 0.369 e. The van der Waals surface area contributed by atoms with Crippen LogP contribution in [-0.4, -0.2) is 53.7 Å². The monoisotopic (exact) mass is 349 g/mol. The van der Waals surface area contributed by atoms with Crippen LogP contribution in [0.2, 0.25) is 0 Å². The number of nitrogens with two attached hydrogens (primary N) is 1. The van der Waals surface area contributed by atoms with Gasteiger partial charge in [0.15, 0.2) is 0 Å². The minimum absolute atomic E-state index is 0.0116. The summed E-state index contributed by atoms with van der Waals surface area (Å²) in [7, 11) is 0. The van der Waals surface area contributed by atoms with Gasteiger partial charge in [-0.2, -0.15) is 0 Å². The van der Waals surface area contributed by atoms with Crippen molar-refractivity contribution in [3.63, 3.8) is 0 Å². The van der Waals surface area contributed by atoms with E-state index >= 15 is 0 Å². The Kier molecular flexibility index (Phi) is 5.18. The molecule has 2 N–H and O–H groups in total. The summed E-state index contributed by atoms with van der Waals surface area (Å²) in [5, 5.41) is 1.90. The molecule has 1 aromatic heterocycles. The van der Waals surface area contributed by atoms with Crippen LogP contribution in [0.4, 0.5) is 0 Å².